The van der Waals surface area contributed by atoms with Crippen molar-refractivity contribution in [2.75, 3.05) is 46.8 Å². The first-order chi connectivity index (χ1) is 18.9. The smallest absolute Gasteiger partial charge is 0.353 e. The second-order valence-electron chi connectivity index (χ2n) is 10.8. The van der Waals surface area contributed by atoms with Crippen molar-refractivity contribution in [3.05, 3.63) is 10.6 Å². The van der Waals surface area contributed by atoms with Crippen LogP contribution in [0.5, 0.6) is 0 Å². The molecule has 0 aromatic carbocycles. The van der Waals surface area contributed by atoms with E-state index in [1.807, 2.05) is 23.8 Å². The number of hydrogen-bond donors (Lipinski definition) is 5. The van der Waals surface area contributed by atoms with Crippen LogP contribution in [-0.2, 0) is 19.1 Å². The molecule has 0 bridgehead atoms. The predicted octanol–water partition coefficient (Wildman–Crippen LogP) is -3.03. The van der Waals surface area contributed by atoms with Crippen molar-refractivity contribution in [2.24, 2.45) is 22.6 Å². The first-order valence-corrected chi connectivity index (χ1v) is 14.6. The Labute approximate surface area is 256 Å². The summed E-state index contributed by atoms with van der Waals surface area (Å²) in [6.07, 6.45) is 0.616. The number of β-lactam (4-membered cyclic amide) rings is 1. The average molecular weight is 639 g/mol. The number of thioether (sulfide) groups is 1. The number of nitrogens with two attached hydrogens (primary N) is 1. The number of likely N-dealkylation sites (N-methyl/N-ethyl adjacent to an activating group) is 1. The maximum Gasteiger partial charge on any atom is 0.353 e. The van der Waals surface area contributed by atoms with E-state index in [1.54, 1.807) is 20.8 Å². The third-order valence-electron chi connectivity index (χ3n) is 7.78. The molecule has 4 heterocycles. The molecule has 0 saturated carbocycles. The van der Waals surface area contributed by atoms with Crippen LogP contribution in [0.3, 0.4) is 0 Å². The normalized spacial score (nSPS) is 29.0. The van der Waals surface area contributed by atoms with Crippen LogP contribution < -0.4 is 11.1 Å². The Hall–Kier alpha value is -2.35. The Balaban J connectivity index is 0.00000282. The molecule has 0 aromatic heterocycles. The maximum absolute atomic E-state index is 13.3. The minimum atomic E-state index is -1.13. The number of rotatable bonds is 10. The standard InChI is InChI=1S/C24H38N6O6S.C2H6O.3H2O/c1-12-19-18(13(2)31)23(33)30(19)20(24(34)35)21(12)37-16-7-17(28(4)9-16)22(32)29-6-5-15(8-29)27-11-36-10-26-14(3)25;1-2-3;;;/h12-13,15-19,27,31H,5-11H2,1-4H3,(H2,25,26)(H,34,35);3H,2H2,1H3;3*1H2/t12-,13-,15+,16+,17+,18-,19-;;;;/m1..../s1. The molecule has 43 heavy (non-hydrogen) atoms. The zero-order chi connectivity index (χ0) is 29.7. The van der Waals surface area contributed by atoms with Gasteiger partial charge in [-0.3, -0.25) is 19.8 Å². The molecule has 0 unspecified atom stereocenters. The molecule has 0 aromatic rings. The van der Waals surface area contributed by atoms with Gasteiger partial charge < -0.3 is 52.0 Å². The number of carbonyl (C=O) groups excluding carboxylic acids is 2. The largest absolute Gasteiger partial charge is 0.477 e. The minimum absolute atomic E-state index is 0. The van der Waals surface area contributed by atoms with Gasteiger partial charge in [-0.15, -0.1) is 11.8 Å². The van der Waals surface area contributed by atoms with Crippen molar-refractivity contribution in [3.8, 4) is 0 Å². The molecule has 17 heteroatoms. The number of amides is 2. The van der Waals surface area contributed by atoms with Gasteiger partial charge in [0.25, 0.3) is 0 Å². The molecule has 16 nitrogen and oxygen atoms in total. The van der Waals surface area contributed by atoms with E-state index in [9.17, 15) is 24.6 Å². The van der Waals surface area contributed by atoms with Gasteiger partial charge >= 0.3 is 5.97 Å². The van der Waals surface area contributed by atoms with E-state index in [4.69, 9.17) is 15.6 Å². The van der Waals surface area contributed by atoms with Crippen molar-refractivity contribution in [2.45, 2.75) is 70.0 Å². The van der Waals surface area contributed by atoms with Gasteiger partial charge in [-0.25, -0.2) is 9.79 Å². The summed E-state index contributed by atoms with van der Waals surface area (Å²) in [5.41, 5.74) is 5.52. The van der Waals surface area contributed by atoms with Crippen molar-refractivity contribution >= 4 is 35.4 Å². The first-order valence-electron chi connectivity index (χ1n) is 13.8. The number of fused-ring (bicyclic) bond motifs is 1. The van der Waals surface area contributed by atoms with Crippen LogP contribution >= 0.6 is 11.8 Å². The zero-order valence-electron chi connectivity index (χ0n) is 25.4. The van der Waals surface area contributed by atoms with Gasteiger partial charge in [0.15, 0.2) is 0 Å². The molecule has 12 N–H and O–H groups in total. The zero-order valence-corrected chi connectivity index (χ0v) is 26.3. The van der Waals surface area contributed by atoms with Crippen molar-refractivity contribution in [3.63, 3.8) is 0 Å². The molecule has 0 spiro atoms. The molecular formula is C26H50N6O10S. The number of aliphatic carboxylic acids is 1. The van der Waals surface area contributed by atoms with E-state index in [-0.39, 0.29) is 76.6 Å². The molecule has 3 saturated heterocycles. The lowest BCUT2D eigenvalue weighted by molar-refractivity contribution is -0.163. The molecular weight excluding hydrogens is 588 g/mol. The van der Waals surface area contributed by atoms with Gasteiger partial charge in [0.1, 0.15) is 12.4 Å². The number of nitrogens with zero attached hydrogens (tertiary/aromatic N) is 4. The summed E-state index contributed by atoms with van der Waals surface area (Å²) in [6.45, 7) is 9.58. The molecule has 0 aliphatic carbocycles. The predicted molar refractivity (Wildman–Crippen MR) is 162 cm³/mol. The second-order valence-corrected chi connectivity index (χ2v) is 12.1. The summed E-state index contributed by atoms with van der Waals surface area (Å²) in [7, 11) is 1.92. The number of carboxylic acids is 1. The van der Waals surface area contributed by atoms with E-state index in [2.05, 4.69) is 10.3 Å². The highest BCUT2D eigenvalue weighted by Crippen LogP contribution is 2.52. The molecule has 3 fully saturated rings. The Morgan fingerprint density at radius 2 is 1.88 bits per heavy atom. The van der Waals surface area contributed by atoms with Gasteiger partial charge in [-0.05, 0) is 40.7 Å². The molecule has 250 valence electrons. The Morgan fingerprint density at radius 1 is 1.26 bits per heavy atom. The Morgan fingerprint density at radius 3 is 2.44 bits per heavy atom. The van der Waals surface area contributed by atoms with Crippen LogP contribution in [0.4, 0.5) is 0 Å². The first kappa shape index (κ1) is 40.6. The number of hydrogen-bond acceptors (Lipinski definition) is 10. The Kier molecular flexibility index (Phi) is 16.8. The lowest BCUT2D eigenvalue weighted by Gasteiger charge is -2.46. The lowest BCUT2D eigenvalue weighted by Crippen LogP contribution is -2.63. The average Bonchev–Trinajstić information content (AvgIpc) is 3.55. The van der Waals surface area contributed by atoms with E-state index < -0.39 is 18.0 Å². The number of aliphatic imine (C=N–C) groups is 1. The number of likely N-dealkylation sites (tertiary alicyclic amines) is 2. The summed E-state index contributed by atoms with van der Waals surface area (Å²) in [5.74, 6) is -1.67. The summed E-state index contributed by atoms with van der Waals surface area (Å²) in [4.78, 5) is 48.0. The molecule has 4 aliphatic heterocycles. The molecule has 7 atom stereocenters. The fraction of sp³-hybridized carbons (Fsp3) is 0.769. The van der Waals surface area contributed by atoms with Crippen LogP contribution in [0.2, 0.25) is 0 Å². The molecule has 4 aliphatic rings. The maximum atomic E-state index is 13.3. The molecule has 4 rings (SSSR count). The number of ether oxygens (including phenoxy) is 1. The van der Waals surface area contributed by atoms with E-state index in [0.717, 1.165) is 6.42 Å². The fourth-order valence-electron chi connectivity index (χ4n) is 5.89. The lowest BCUT2D eigenvalue weighted by atomic mass is 9.79. The number of nitrogens with one attached hydrogen (secondary N) is 1. The summed E-state index contributed by atoms with van der Waals surface area (Å²) >= 11 is 1.47. The highest BCUT2D eigenvalue weighted by atomic mass is 32.2. The van der Waals surface area contributed by atoms with Crippen LogP contribution in [0.15, 0.2) is 15.6 Å². The minimum Gasteiger partial charge on any atom is -0.477 e. The summed E-state index contributed by atoms with van der Waals surface area (Å²) < 4.78 is 5.40. The highest BCUT2D eigenvalue weighted by molar-refractivity contribution is 8.03. The number of carbonyl (C=O) groups is 3. The number of amidine groups is 1. The van der Waals surface area contributed by atoms with Gasteiger partial charge in [-0.2, -0.15) is 0 Å². The van der Waals surface area contributed by atoms with Gasteiger partial charge in [0.05, 0.1) is 36.7 Å². The van der Waals surface area contributed by atoms with Gasteiger partial charge in [0.2, 0.25) is 11.8 Å². The van der Waals surface area contributed by atoms with Crippen LogP contribution in [0.25, 0.3) is 0 Å². The van der Waals surface area contributed by atoms with Crippen molar-refractivity contribution in [1.29, 1.82) is 0 Å². The highest BCUT2D eigenvalue weighted by Gasteiger charge is 2.60. The third kappa shape index (κ3) is 9.09. The number of aliphatic hydroxyl groups excluding tert-OH is 2. The van der Waals surface area contributed by atoms with Crippen molar-refractivity contribution < 1.29 is 50.9 Å². The van der Waals surface area contributed by atoms with Gasteiger partial charge in [-0.1, -0.05) is 6.92 Å². The van der Waals surface area contributed by atoms with E-state index in [0.29, 0.717) is 43.5 Å². The molecule has 2 amide bonds. The van der Waals surface area contributed by atoms with Crippen LogP contribution in [-0.4, -0.2) is 146 Å². The summed E-state index contributed by atoms with van der Waals surface area (Å²) in [6, 6.07) is -0.457. The SMILES string of the molecule is CC(N)=NCOCN[C@H]1CCN(C(=O)[C@@H]2C[C@H](SC3=C(C(=O)O)N4C(=O)[C@H]([C@@H](C)O)[C@H]4[C@H]3C)CN2C)C1.CCO.O.O.O. The monoisotopic (exact) mass is 638 g/mol. The van der Waals surface area contributed by atoms with Crippen LogP contribution in [0, 0.1) is 11.8 Å². The Bertz CT molecular complexity index is 1010. The topological polar surface area (TPSA) is 276 Å². The van der Waals surface area contributed by atoms with E-state index in [1.165, 1.54) is 16.7 Å². The second kappa shape index (κ2) is 17.8. The fourth-order valence-corrected chi connectivity index (χ4v) is 7.49. The van der Waals surface area contributed by atoms with Crippen LogP contribution in [0.1, 0.15) is 40.5 Å². The third-order valence-corrected chi connectivity index (χ3v) is 9.27. The summed E-state index contributed by atoms with van der Waals surface area (Å²) in [5, 5.41) is 30.8. The number of aliphatic hydroxyl groups is 2. The quantitative estimate of drug-likeness (QED) is 0.0527. The van der Waals surface area contributed by atoms with Gasteiger partial charge in [0, 0.05) is 48.4 Å². The van der Waals surface area contributed by atoms with E-state index >= 15 is 0 Å². The molecule has 0 radical (unpaired) electrons. The number of carboxylic acid groups (broad SMARTS) is 1. The van der Waals surface area contributed by atoms with Crippen molar-refractivity contribution in [1.82, 2.24) is 20.0 Å².